The lowest BCUT2D eigenvalue weighted by Gasteiger charge is -2.13. The summed E-state index contributed by atoms with van der Waals surface area (Å²) in [4.78, 5) is 7.96. The quantitative estimate of drug-likeness (QED) is 0.825. The molecule has 1 aromatic rings. The zero-order valence-electron chi connectivity index (χ0n) is 9.19. The van der Waals surface area contributed by atoms with E-state index < -0.39 is 0 Å². The molecular weight excluding hydrogens is 210 g/mol. The van der Waals surface area contributed by atoms with Gasteiger partial charge >= 0.3 is 0 Å². The number of methoxy groups -OCH3 is 1. The van der Waals surface area contributed by atoms with Crippen molar-refractivity contribution >= 4 is 16.5 Å². The fourth-order valence-electron chi connectivity index (χ4n) is 1.55. The molecule has 1 saturated carbocycles. The first-order chi connectivity index (χ1) is 7.26. The highest BCUT2D eigenvalue weighted by Crippen LogP contribution is 2.34. The fraction of sp³-hybridized carbons (Fsp3) is 0.700. The molecule has 84 valence electrons. The summed E-state index contributed by atoms with van der Waals surface area (Å²) < 4.78 is 5.11. The number of anilines is 1. The van der Waals surface area contributed by atoms with E-state index in [1.54, 1.807) is 18.4 Å². The molecule has 1 fully saturated rings. The molecule has 1 aliphatic rings. The largest absolute Gasteiger partial charge is 0.378 e. The standard InChI is InChI=1S/C10H17N3OS/c1-13(7-3-4-7)10-12-8(6-14-2)9(5-11)15-10/h7H,3-6,11H2,1-2H3. The molecule has 4 nitrogen and oxygen atoms in total. The van der Waals surface area contributed by atoms with Crippen LogP contribution in [0.3, 0.4) is 0 Å². The molecule has 0 saturated heterocycles. The van der Waals surface area contributed by atoms with Crippen molar-refractivity contribution in [3.8, 4) is 0 Å². The highest BCUT2D eigenvalue weighted by molar-refractivity contribution is 7.15. The summed E-state index contributed by atoms with van der Waals surface area (Å²) in [5.74, 6) is 0. The molecule has 2 N–H and O–H groups in total. The smallest absolute Gasteiger partial charge is 0.185 e. The SMILES string of the molecule is COCc1nc(N(C)C2CC2)sc1CN. The van der Waals surface area contributed by atoms with Crippen molar-refractivity contribution in [3.05, 3.63) is 10.6 Å². The number of hydrogen-bond donors (Lipinski definition) is 1. The van der Waals surface area contributed by atoms with Crippen LogP contribution in [0.5, 0.6) is 0 Å². The molecular formula is C10H17N3OS. The van der Waals surface area contributed by atoms with E-state index >= 15 is 0 Å². The maximum absolute atomic E-state index is 5.68. The van der Waals surface area contributed by atoms with E-state index in [0.717, 1.165) is 15.7 Å². The topological polar surface area (TPSA) is 51.4 Å². The number of ether oxygens (including phenoxy) is 1. The molecule has 0 bridgehead atoms. The third kappa shape index (κ3) is 2.30. The van der Waals surface area contributed by atoms with Crippen LogP contribution >= 0.6 is 11.3 Å². The van der Waals surface area contributed by atoms with Crippen molar-refractivity contribution in [2.24, 2.45) is 5.73 Å². The van der Waals surface area contributed by atoms with Gasteiger partial charge in [0.1, 0.15) is 0 Å². The van der Waals surface area contributed by atoms with E-state index in [2.05, 4.69) is 16.9 Å². The highest BCUT2D eigenvalue weighted by atomic mass is 32.1. The second-order valence-electron chi connectivity index (χ2n) is 3.85. The van der Waals surface area contributed by atoms with E-state index in [-0.39, 0.29) is 0 Å². The summed E-state index contributed by atoms with van der Waals surface area (Å²) in [5.41, 5.74) is 6.68. The van der Waals surface area contributed by atoms with Crippen molar-refractivity contribution in [3.63, 3.8) is 0 Å². The number of rotatable bonds is 5. The Morgan fingerprint density at radius 3 is 2.87 bits per heavy atom. The monoisotopic (exact) mass is 227 g/mol. The van der Waals surface area contributed by atoms with Gasteiger partial charge in [0.15, 0.2) is 5.13 Å². The zero-order chi connectivity index (χ0) is 10.8. The average molecular weight is 227 g/mol. The first kappa shape index (κ1) is 10.9. The van der Waals surface area contributed by atoms with Gasteiger partial charge in [0.2, 0.25) is 0 Å². The first-order valence-corrected chi connectivity index (χ1v) is 5.98. The van der Waals surface area contributed by atoms with Crippen molar-refractivity contribution in [2.45, 2.75) is 32.0 Å². The van der Waals surface area contributed by atoms with Gasteiger partial charge in [-0.15, -0.1) is 11.3 Å². The van der Waals surface area contributed by atoms with Gasteiger partial charge in [-0.25, -0.2) is 4.98 Å². The molecule has 0 unspecified atom stereocenters. The summed E-state index contributed by atoms with van der Waals surface area (Å²) in [6.07, 6.45) is 2.57. The van der Waals surface area contributed by atoms with Gasteiger partial charge in [0, 0.05) is 31.6 Å². The van der Waals surface area contributed by atoms with Crippen LogP contribution in [0.4, 0.5) is 5.13 Å². The molecule has 2 rings (SSSR count). The van der Waals surface area contributed by atoms with Crippen molar-refractivity contribution in [2.75, 3.05) is 19.1 Å². The molecule has 15 heavy (non-hydrogen) atoms. The van der Waals surface area contributed by atoms with Gasteiger partial charge in [-0.3, -0.25) is 0 Å². The Labute approximate surface area is 94.1 Å². The lowest BCUT2D eigenvalue weighted by molar-refractivity contribution is 0.181. The fourth-order valence-corrected chi connectivity index (χ4v) is 2.52. The van der Waals surface area contributed by atoms with Crippen LogP contribution in [-0.4, -0.2) is 25.2 Å². The first-order valence-electron chi connectivity index (χ1n) is 5.16. The minimum Gasteiger partial charge on any atom is -0.378 e. The van der Waals surface area contributed by atoms with Gasteiger partial charge < -0.3 is 15.4 Å². The molecule has 0 atom stereocenters. The average Bonchev–Trinajstić information content (AvgIpc) is 3.00. The van der Waals surface area contributed by atoms with Crippen LogP contribution in [0.2, 0.25) is 0 Å². The van der Waals surface area contributed by atoms with Crippen molar-refractivity contribution in [1.82, 2.24) is 4.98 Å². The summed E-state index contributed by atoms with van der Waals surface area (Å²) in [5, 5.41) is 1.07. The maximum Gasteiger partial charge on any atom is 0.185 e. The molecule has 1 aromatic heterocycles. The Hall–Kier alpha value is -0.650. The van der Waals surface area contributed by atoms with Crippen molar-refractivity contribution in [1.29, 1.82) is 0 Å². The Morgan fingerprint density at radius 1 is 1.60 bits per heavy atom. The van der Waals surface area contributed by atoms with E-state index in [0.29, 0.717) is 19.2 Å². The molecule has 1 aliphatic carbocycles. The highest BCUT2D eigenvalue weighted by Gasteiger charge is 2.28. The maximum atomic E-state index is 5.68. The van der Waals surface area contributed by atoms with Crippen LogP contribution in [0.15, 0.2) is 0 Å². The number of nitrogens with zero attached hydrogens (tertiary/aromatic N) is 2. The Balaban J connectivity index is 2.17. The van der Waals surface area contributed by atoms with Crippen molar-refractivity contribution < 1.29 is 4.74 Å². The van der Waals surface area contributed by atoms with Gasteiger partial charge in [-0.05, 0) is 12.8 Å². The summed E-state index contributed by atoms with van der Waals surface area (Å²) in [6.45, 7) is 1.11. The molecule has 0 aromatic carbocycles. The lowest BCUT2D eigenvalue weighted by atomic mass is 10.4. The molecule has 0 amide bonds. The molecule has 5 heteroatoms. The number of thiazole rings is 1. The summed E-state index contributed by atoms with van der Waals surface area (Å²) in [7, 11) is 3.79. The van der Waals surface area contributed by atoms with E-state index in [4.69, 9.17) is 10.5 Å². The van der Waals surface area contributed by atoms with Gasteiger partial charge in [0.05, 0.1) is 12.3 Å². The zero-order valence-corrected chi connectivity index (χ0v) is 10.0. The molecule has 1 heterocycles. The van der Waals surface area contributed by atoms with Gasteiger partial charge in [0.25, 0.3) is 0 Å². The number of nitrogens with two attached hydrogens (primary N) is 1. The second kappa shape index (κ2) is 4.47. The normalized spacial score (nSPS) is 15.7. The lowest BCUT2D eigenvalue weighted by Crippen LogP contribution is -2.19. The predicted octanol–water partition coefficient (Wildman–Crippen LogP) is 1.35. The van der Waals surface area contributed by atoms with E-state index in [1.807, 2.05) is 0 Å². The predicted molar refractivity (Wildman–Crippen MR) is 62.1 cm³/mol. The van der Waals surface area contributed by atoms with Gasteiger partial charge in [-0.1, -0.05) is 0 Å². The van der Waals surface area contributed by atoms with Gasteiger partial charge in [-0.2, -0.15) is 0 Å². The van der Waals surface area contributed by atoms with E-state index in [9.17, 15) is 0 Å². The molecule has 0 spiro atoms. The van der Waals surface area contributed by atoms with Crippen LogP contribution in [0.1, 0.15) is 23.4 Å². The number of hydrogen-bond acceptors (Lipinski definition) is 5. The number of aromatic nitrogens is 1. The van der Waals surface area contributed by atoms with Crippen LogP contribution in [0.25, 0.3) is 0 Å². The van der Waals surface area contributed by atoms with E-state index in [1.165, 1.54) is 12.8 Å². The minimum absolute atomic E-state index is 0.550. The molecule has 0 radical (unpaired) electrons. The third-order valence-electron chi connectivity index (χ3n) is 2.63. The minimum atomic E-state index is 0.550. The second-order valence-corrected chi connectivity index (χ2v) is 4.91. The third-order valence-corrected chi connectivity index (χ3v) is 3.84. The van der Waals surface area contributed by atoms with Crippen LogP contribution in [-0.2, 0) is 17.9 Å². The summed E-state index contributed by atoms with van der Waals surface area (Å²) >= 11 is 1.69. The van der Waals surface area contributed by atoms with Crippen LogP contribution < -0.4 is 10.6 Å². The summed E-state index contributed by atoms with van der Waals surface area (Å²) in [6, 6.07) is 0.692. The Kier molecular flexibility index (Phi) is 3.23. The Morgan fingerprint density at radius 2 is 2.33 bits per heavy atom. The Bertz CT molecular complexity index is 335. The molecule has 0 aliphatic heterocycles. The van der Waals surface area contributed by atoms with Crippen LogP contribution in [0, 0.1) is 0 Å².